The van der Waals surface area contributed by atoms with Crippen LogP contribution in [0.3, 0.4) is 0 Å². The predicted molar refractivity (Wildman–Crippen MR) is 95.0 cm³/mol. The van der Waals surface area contributed by atoms with Crippen LogP contribution in [0.25, 0.3) is 0 Å². The summed E-state index contributed by atoms with van der Waals surface area (Å²) in [6.07, 6.45) is 1.16. The summed E-state index contributed by atoms with van der Waals surface area (Å²) in [5.41, 5.74) is 3.08. The van der Waals surface area contributed by atoms with Crippen LogP contribution in [0.1, 0.15) is 22.8 Å². The summed E-state index contributed by atoms with van der Waals surface area (Å²) in [6.45, 7) is 1.36. The Bertz CT molecular complexity index is 939. The third-order valence-electron chi connectivity index (χ3n) is 3.56. The van der Waals surface area contributed by atoms with Crippen molar-refractivity contribution < 1.29 is 24.0 Å². The van der Waals surface area contributed by atoms with E-state index in [0.717, 1.165) is 6.21 Å². The summed E-state index contributed by atoms with van der Waals surface area (Å²) in [4.78, 5) is 33.7. The Morgan fingerprint density at radius 2 is 1.85 bits per heavy atom. The van der Waals surface area contributed by atoms with Gasteiger partial charge in [0.15, 0.2) is 11.5 Å². The molecular weight excluding hydrogens is 356 g/mol. The minimum absolute atomic E-state index is 0.0156. The Labute approximate surface area is 152 Å². The van der Waals surface area contributed by atoms with Gasteiger partial charge in [0, 0.05) is 18.2 Å². The van der Waals surface area contributed by atoms with Crippen molar-refractivity contribution in [2.24, 2.45) is 5.10 Å². The van der Waals surface area contributed by atoms with Crippen LogP contribution >= 0.6 is 0 Å². The van der Waals surface area contributed by atoms with Gasteiger partial charge in [-0.05, 0) is 30.3 Å². The first kappa shape index (κ1) is 17.9. The van der Waals surface area contributed by atoms with Crippen molar-refractivity contribution in [2.75, 3.05) is 12.1 Å². The van der Waals surface area contributed by atoms with E-state index in [1.165, 1.54) is 31.2 Å². The average molecular weight is 370 g/mol. The van der Waals surface area contributed by atoms with E-state index >= 15 is 0 Å². The first-order chi connectivity index (χ1) is 12.9. The zero-order chi connectivity index (χ0) is 19.4. The monoisotopic (exact) mass is 370 g/mol. The summed E-state index contributed by atoms with van der Waals surface area (Å²) in [7, 11) is 0. The molecule has 0 unspecified atom stereocenters. The smallest absolute Gasteiger partial charge is 0.282 e. The number of nitro groups is 1. The number of ether oxygens (including phenoxy) is 2. The van der Waals surface area contributed by atoms with Gasteiger partial charge in [-0.15, -0.1) is 0 Å². The molecule has 2 amide bonds. The fourth-order valence-electron chi connectivity index (χ4n) is 2.34. The van der Waals surface area contributed by atoms with Crippen LogP contribution in [0, 0.1) is 10.1 Å². The van der Waals surface area contributed by atoms with E-state index in [1.807, 2.05) is 0 Å². The van der Waals surface area contributed by atoms with E-state index in [0.29, 0.717) is 17.0 Å². The van der Waals surface area contributed by atoms with Crippen molar-refractivity contribution in [1.29, 1.82) is 0 Å². The molecule has 27 heavy (non-hydrogen) atoms. The maximum Gasteiger partial charge on any atom is 0.282 e. The average Bonchev–Trinajstić information content (AvgIpc) is 3.08. The lowest BCUT2D eigenvalue weighted by Gasteiger charge is -2.04. The summed E-state index contributed by atoms with van der Waals surface area (Å²) in [5, 5.41) is 17.5. The fraction of sp³-hybridized carbons (Fsp3) is 0.118. The molecule has 0 aromatic heterocycles. The molecule has 1 heterocycles. The topological polar surface area (TPSA) is 132 Å². The van der Waals surface area contributed by atoms with Crippen molar-refractivity contribution in [2.45, 2.75) is 6.92 Å². The zero-order valence-corrected chi connectivity index (χ0v) is 14.1. The fourth-order valence-corrected chi connectivity index (χ4v) is 2.34. The van der Waals surface area contributed by atoms with Gasteiger partial charge < -0.3 is 14.8 Å². The lowest BCUT2D eigenvalue weighted by atomic mass is 10.1. The van der Waals surface area contributed by atoms with Crippen LogP contribution in [0.5, 0.6) is 11.5 Å². The number of nitro benzene ring substituents is 1. The van der Waals surface area contributed by atoms with Gasteiger partial charge in [0.05, 0.1) is 22.8 Å². The van der Waals surface area contributed by atoms with Crippen molar-refractivity contribution in [3.05, 3.63) is 57.6 Å². The van der Waals surface area contributed by atoms with Crippen molar-refractivity contribution in [3.8, 4) is 11.5 Å². The van der Waals surface area contributed by atoms with Crippen molar-refractivity contribution >= 4 is 29.4 Å². The normalized spacial score (nSPS) is 12.0. The van der Waals surface area contributed by atoms with Crippen LogP contribution in [0.2, 0.25) is 0 Å². The molecule has 0 saturated carbocycles. The number of nitrogens with one attached hydrogen (secondary N) is 2. The molecule has 0 radical (unpaired) electrons. The van der Waals surface area contributed by atoms with Gasteiger partial charge in [-0.3, -0.25) is 19.7 Å². The number of fused-ring (bicyclic) bond motifs is 1. The molecule has 0 aliphatic carbocycles. The Kier molecular flexibility index (Phi) is 4.97. The van der Waals surface area contributed by atoms with Crippen LogP contribution in [0.4, 0.5) is 11.4 Å². The maximum atomic E-state index is 12.1. The van der Waals surface area contributed by atoms with Gasteiger partial charge in [0.2, 0.25) is 12.7 Å². The van der Waals surface area contributed by atoms with E-state index in [1.54, 1.807) is 12.1 Å². The van der Waals surface area contributed by atoms with Gasteiger partial charge in [0.25, 0.3) is 11.6 Å². The highest BCUT2D eigenvalue weighted by atomic mass is 16.7. The molecule has 10 heteroatoms. The molecule has 0 spiro atoms. The molecule has 1 aliphatic heterocycles. The van der Waals surface area contributed by atoms with E-state index in [-0.39, 0.29) is 29.7 Å². The minimum Gasteiger partial charge on any atom is -0.454 e. The largest absolute Gasteiger partial charge is 0.454 e. The Morgan fingerprint density at radius 3 is 2.48 bits per heavy atom. The highest BCUT2D eigenvalue weighted by Gasteiger charge is 2.22. The Hall–Kier alpha value is -3.95. The maximum absolute atomic E-state index is 12.1. The predicted octanol–water partition coefficient (Wildman–Crippen LogP) is 2.05. The number of carbonyl (C=O) groups is 2. The molecule has 2 N–H and O–H groups in total. The molecule has 2 aromatic rings. The number of anilines is 1. The number of rotatable bonds is 5. The molecule has 0 saturated heterocycles. The number of benzene rings is 2. The third kappa shape index (κ3) is 4.18. The van der Waals surface area contributed by atoms with Gasteiger partial charge in [-0.2, -0.15) is 5.10 Å². The number of hydrogen-bond acceptors (Lipinski definition) is 7. The quantitative estimate of drug-likeness (QED) is 0.470. The second-order valence-electron chi connectivity index (χ2n) is 5.48. The number of carbonyl (C=O) groups excluding carboxylic acids is 2. The van der Waals surface area contributed by atoms with Gasteiger partial charge in [-0.25, -0.2) is 5.43 Å². The first-order valence-electron chi connectivity index (χ1n) is 7.73. The summed E-state index contributed by atoms with van der Waals surface area (Å²) < 4.78 is 10.3. The summed E-state index contributed by atoms with van der Waals surface area (Å²) in [5.74, 6) is -0.0878. The molecule has 0 fully saturated rings. The number of amides is 2. The highest BCUT2D eigenvalue weighted by Crippen LogP contribution is 2.37. The minimum atomic E-state index is -0.577. The molecule has 2 aromatic carbocycles. The molecule has 138 valence electrons. The van der Waals surface area contributed by atoms with E-state index in [2.05, 4.69) is 15.8 Å². The lowest BCUT2D eigenvalue weighted by Crippen LogP contribution is -2.17. The molecule has 0 atom stereocenters. The van der Waals surface area contributed by atoms with E-state index < -0.39 is 10.8 Å². The molecule has 10 nitrogen and oxygen atoms in total. The summed E-state index contributed by atoms with van der Waals surface area (Å²) >= 11 is 0. The second kappa shape index (κ2) is 7.52. The molecular formula is C17H14N4O6. The lowest BCUT2D eigenvalue weighted by molar-refractivity contribution is -0.385. The van der Waals surface area contributed by atoms with Crippen LogP contribution in [-0.2, 0) is 4.79 Å². The van der Waals surface area contributed by atoms with Crippen LogP contribution in [-0.4, -0.2) is 29.7 Å². The Balaban J connectivity index is 1.71. The first-order valence-corrected chi connectivity index (χ1v) is 7.73. The van der Waals surface area contributed by atoms with Crippen molar-refractivity contribution in [1.82, 2.24) is 5.43 Å². The summed E-state index contributed by atoms with van der Waals surface area (Å²) in [6, 6.07) is 8.83. The molecule has 1 aliphatic rings. The Morgan fingerprint density at radius 1 is 1.19 bits per heavy atom. The number of nitrogens with zero attached hydrogens (tertiary/aromatic N) is 2. The zero-order valence-electron chi connectivity index (χ0n) is 14.1. The molecule has 3 rings (SSSR count). The van der Waals surface area contributed by atoms with Crippen molar-refractivity contribution in [3.63, 3.8) is 0 Å². The van der Waals surface area contributed by atoms with E-state index in [4.69, 9.17) is 9.47 Å². The number of hydrogen-bond donors (Lipinski definition) is 2. The van der Waals surface area contributed by atoms with Crippen LogP contribution in [0.15, 0.2) is 41.5 Å². The van der Waals surface area contributed by atoms with Gasteiger partial charge >= 0.3 is 0 Å². The van der Waals surface area contributed by atoms with Gasteiger partial charge in [0.1, 0.15) is 0 Å². The number of hydrazone groups is 1. The second-order valence-corrected chi connectivity index (χ2v) is 5.48. The van der Waals surface area contributed by atoms with E-state index in [9.17, 15) is 19.7 Å². The molecule has 0 bridgehead atoms. The van der Waals surface area contributed by atoms with Crippen LogP contribution < -0.4 is 20.2 Å². The highest BCUT2D eigenvalue weighted by molar-refractivity contribution is 5.96. The van der Waals surface area contributed by atoms with Gasteiger partial charge in [-0.1, -0.05) is 0 Å². The third-order valence-corrected chi connectivity index (χ3v) is 3.56. The SMILES string of the molecule is CC(=O)Nc1ccc(C(=O)N/N=C/c2cc3c(cc2[N+](=O)[O-])OCO3)cc1. The standard InChI is InChI=1S/C17H14N4O6/c1-10(22)19-13-4-2-11(3-5-13)17(23)20-18-8-12-6-15-16(27-9-26-15)7-14(12)21(24)25/h2-8H,9H2,1H3,(H,19,22)(H,20,23)/b18-8+.